The van der Waals surface area contributed by atoms with Gasteiger partial charge >= 0.3 is 0 Å². The molecule has 4 aliphatic heterocycles. The van der Waals surface area contributed by atoms with Gasteiger partial charge in [0.1, 0.15) is 34.4 Å². The van der Waals surface area contributed by atoms with Crippen LogP contribution in [0.1, 0.15) is 226 Å². The molecular weight excluding hydrogens is 749 g/mol. The van der Waals surface area contributed by atoms with Crippen LogP contribution in [0.25, 0.3) is 0 Å². The average molecular weight is 823 g/mol. The normalized spacial score (nSPS) is 14.5. The second-order valence-electron chi connectivity index (χ2n) is 19.0. The van der Waals surface area contributed by atoms with Gasteiger partial charge in [-0.25, -0.2) is 0 Å². The van der Waals surface area contributed by atoms with Gasteiger partial charge in [0.05, 0.1) is 43.5 Å². The van der Waals surface area contributed by atoms with Gasteiger partial charge in [0.2, 0.25) is 0 Å². The Kier molecular flexibility index (Phi) is 15.9. The number of hydrogen-bond donors (Lipinski definition) is 0. The summed E-state index contributed by atoms with van der Waals surface area (Å²) in [5.41, 5.74) is 14.5. The molecule has 0 aliphatic carbocycles. The zero-order valence-corrected chi connectivity index (χ0v) is 39.7. The highest BCUT2D eigenvalue weighted by molar-refractivity contribution is 5.49. The summed E-state index contributed by atoms with van der Waals surface area (Å²) in [4.78, 5) is 9.14. The van der Waals surface area contributed by atoms with Crippen LogP contribution in [0.3, 0.4) is 0 Å². The first kappa shape index (κ1) is 46.7. The van der Waals surface area contributed by atoms with E-state index >= 15 is 0 Å². The number of aromatic nitrogens is 6. The molecule has 4 aliphatic rings. The van der Waals surface area contributed by atoms with E-state index < -0.39 is 0 Å². The van der Waals surface area contributed by atoms with Crippen molar-refractivity contribution in [2.45, 2.75) is 184 Å². The minimum absolute atomic E-state index is 0.380. The molecule has 0 radical (unpaired) electrons. The molecule has 60 heavy (non-hydrogen) atoms. The molecule has 0 saturated heterocycles. The molecule has 10 heteroatoms. The minimum Gasteiger partial charge on any atom is -0.493 e. The molecule has 0 amide bonds. The van der Waals surface area contributed by atoms with E-state index in [1.54, 1.807) is 0 Å². The highest BCUT2D eigenvalue weighted by Crippen LogP contribution is 2.40. The Morgan fingerprint density at radius 3 is 1.00 bits per heavy atom. The quantitative estimate of drug-likeness (QED) is 0.170. The zero-order chi connectivity index (χ0) is 44.0. The summed E-state index contributed by atoms with van der Waals surface area (Å²) in [5.74, 6) is 7.76. The lowest BCUT2D eigenvalue weighted by Crippen LogP contribution is -2.05. The summed E-state index contributed by atoms with van der Waals surface area (Å²) < 4.78 is 22.8. The van der Waals surface area contributed by atoms with Crippen molar-refractivity contribution >= 4 is 0 Å². The topological polar surface area (TPSA) is 114 Å². The summed E-state index contributed by atoms with van der Waals surface area (Å²) in [6.45, 7) is 37.8. The summed E-state index contributed by atoms with van der Waals surface area (Å²) in [6, 6.07) is 0. The molecule has 4 aromatic rings. The maximum atomic E-state index is 5.74. The van der Waals surface area contributed by atoms with Crippen molar-refractivity contribution in [2.75, 3.05) is 26.4 Å². The Morgan fingerprint density at radius 1 is 0.317 bits per heavy atom. The van der Waals surface area contributed by atoms with Gasteiger partial charge in [0.25, 0.3) is 0 Å². The Morgan fingerprint density at radius 2 is 0.617 bits per heavy atom. The van der Waals surface area contributed by atoms with Crippen molar-refractivity contribution in [1.29, 1.82) is 0 Å². The van der Waals surface area contributed by atoms with Crippen LogP contribution in [-0.4, -0.2) is 56.8 Å². The molecule has 10 nitrogen and oxygen atoms in total. The molecular formula is C50H74N6O4. The smallest absolute Gasteiger partial charge is 0.148 e. The molecule has 0 bridgehead atoms. The number of ether oxygens (including phenoxy) is 4. The van der Waals surface area contributed by atoms with Gasteiger partial charge in [-0.05, 0) is 41.1 Å². The van der Waals surface area contributed by atoms with Crippen LogP contribution < -0.4 is 18.9 Å². The van der Waals surface area contributed by atoms with E-state index in [-0.39, 0.29) is 0 Å². The van der Waals surface area contributed by atoms with Gasteiger partial charge in [-0.2, -0.15) is 20.4 Å². The molecule has 0 spiro atoms. The van der Waals surface area contributed by atoms with Crippen molar-refractivity contribution in [3.05, 3.63) is 79.9 Å². The number of hydrogen-bond acceptors (Lipinski definition) is 10. The molecule has 0 aromatic carbocycles. The fraction of sp³-hybridized carbons (Fsp3) is 0.640. The van der Waals surface area contributed by atoms with Crippen LogP contribution in [0.5, 0.6) is 23.0 Å². The van der Waals surface area contributed by atoms with E-state index in [1.807, 2.05) is 12.4 Å². The van der Waals surface area contributed by atoms with Crippen molar-refractivity contribution in [2.24, 2.45) is 0 Å². The van der Waals surface area contributed by atoms with Crippen LogP contribution in [0, 0.1) is 0 Å². The monoisotopic (exact) mass is 823 g/mol. The van der Waals surface area contributed by atoms with E-state index in [4.69, 9.17) is 18.9 Å². The van der Waals surface area contributed by atoms with Gasteiger partial charge in [-0.1, -0.05) is 111 Å². The minimum atomic E-state index is 0.380. The zero-order valence-electron chi connectivity index (χ0n) is 39.7. The molecule has 0 unspecified atom stereocenters. The summed E-state index contributed by atoms with van der Waals surface area (Å²) in [7, 11) is 0. The van der Waals surface area contributed by atoms with E-state index in [9.17, 15) is 0 Å². The molecule has 8 heterocycles. The molecule has 0 N–H and O–H groups in total. The summed E-state index contributed by atoms with van der Waals surface area (Å²) in [6.07, 6.45) is 8.06. The van der Waals surface area contributed by atoms with Crippen LogP contribution in [-0.2, 0) is 25.7 Å². The van der Waals surface area contributed by atoms with Crippen molar-refractivity contribution < 1.29 is 18.9 Å². The second-order valence-corrected chi connectivity index (χ2v) is 19.0. The Labute approximate surface area is 361 Å². The predicted molar refractivity (Wildman–Crippen MR) is 242 cm³/mol. The van der Waals surface area contributed by atoms with Gasteiger partial charge < -0.3 is 18.9 Å². The third kappa shape index (κ3) is 10.4. The summed E-state index contributed by atoms with van der Waals surface area (Å²) in [5, 5.41) is 17.3. The fourth-order valence-electron chi connectivity index (χ4n) is 8.25. The molecule has 328 valence electrons. The highest BCUT2D eigenvalue weighted by Gasteiger charge is 2.28. The van der Waals surface area contributed by atoms with E-state index in [1.165, 1.54) is 39.1 Å². The third-order valence-corrected chi connectivity index (χ3v) is 11.5. The van der Waals surface area contributed by atoms with Gasteiger partial charge in [-0.15, -0.1) is 0 Å². The lowest BCUT2D eigenvalue weighted by atomic mass is 9.95. The molecule has 4 aromatic heterocycles. The van der Waals surface area contributed by atoms with Gasteiger partial charge in [0, 0.05) is 83.4 Å². The maximum absolute atomic E-state index is 5.74. The van der Waals surface area contributed by atoms with E-state index in [0.29, 0.717) is 47.3 Å². The Hall–Kier alpha value is -4.34. The number of pyridine rings is 2. The fourth-order valence-corrected chi connectivity index (χ4v) is 8.25. The lowest BCUT2D eigenvalue weighted by molar-refractivity contribution is 0.349. The van der Waals surface area contributed by atoms with E-state index in [0.717, 1.165) is 104 Å². The van der Waals surface area contributed by atoms with Crippen LogP contribution in [0.2, 0.25) is 0 Å². The largest absolute Gasteiger partial charge is 0.493 e. The van der Waals surface area contributed by atoms with Crippen molar-refractivity contribution in [3.63, 3.8) is 0 Å². The molecule has 8 rings (SSSR count). The highest BCUT2D eigenvalue weighted by atomic mass is 16.5. The van der Waals surface area contributed by atoms with Crippen molar-refractivity contribution in [3.8, 4) is 23.0 Å². The van der Waals surface area contributed by atoms with E-state index in [2.05, 4.69) is 141 Å². The first-order chi connectivity index (χ1) is 28.4. The van der Waals surface area contributed by atoms with Crippen LogP contribution in [0.15, 0.2) is 12.4 Å². The Balaban J connectivity index is 0.000000152. The first-order valence-corrected chi connectivity index (χ1v) is 22.8. The lowest BCUT2D eigenvalue weighted by Gasteiger charge is -2.14. The number of fused-ring (bicyclic) bond motifs is 4. The molecule has 0 saturated carbocycles. The van der Waals surface area contributed by atoms with Gasteiger partial charge in [-0.3, -0.25) is 9.97 Å². The van der Waals surface area contributed by atoms with Crippen LogP contribution in [0.4, 0.5) is 0 Å². The number of nitrogens with zero attached hydrogens (tertiary/aromatic N) is 6. The SMILES string of the molecule is CC(C)c1cnc(C(C)C)c2c1CCO2.CC(C)c1cnc(C(C)C)c2c1OCC2.CC(C)c1nnc(C(C)C)c2c1CCO2.CC(C)c1nnc(C(C)C)c2c1CCO2. The first-order valence-electron chi connectivity index (χ1n) is 22.8. The predicted octanol–water partition coefficient (Wildman–Crippen LogP) is 11.8. The van der Waals surface area contributed by atoms with Crippen LogP contribution >= 0.6 is 0 Å². The maximum Gasteiger partial charge on any atom is 0.148 e. The number of rotatable bonds is 8. The van der Waals surface area contributed by atoms with Crippen molar-refractivity contribution in [1.82, 2.24) is 30.4 Å². The Bertz CT molecular complexity index is 1640. The third-order valence-electron chi connectivity index (χ3n) is 11.5. The second kappa shape index (κ2) is 20.5. The van der Waals surface area contributed by atoms with Gasteiger partial charge in [0.15, 0.2) is 0 Å². The average Bonchev–Trinajstić information content (AvgIpc) is 4.03. The molecule has 0 atom stereocenters. The molecule has 0 fully saturated rings. The summed E-state index contributed by atoms with van der Waals surface area (Å²) >= 11 is 0. The standard InChI is InChI=1S/2C13H19NO.2C12H18N2O/c1-8(2)11-7-14-12(9(3)4)10-5-6-15-13(10)11;1-8(2)11-7-14-12(9(3)4)13-10(11)5-6-15-13;2*1-7(2)10-9-5-6-15-12(9)11(8(3)4)14-13-10/h2*7-9H,5-6H2,1-4H3;2*7-8H,5-6H2,1-4H3.